The van der Waals surface area contributed by atoms with Crippen LogP contribution in [0.15, 0.2) is 60.7 Å². The Balaban J connectivity index is 1.73. The third kappa shape index (κ3) is 5.13. The highest BCUT2D eigenvalue weighted by molar-refractivity contribution is 6.39. The Morgan fingerprint density at radius 3 is 2.39 bits per heavy atom. The zero-order valence-electron chi connectivity index (χ0n) is 18.1. The van der Waals surface area contributed by atoms with E-state index in [0.717, 1.165) is 16.3 Å². The summed E-state index contributed by atoms with van der Waals surface area (Å²) in [6.07, 6.45) is 0. The zero-order valence-corrected chi connectivity index (χ0v) is 18.1. The Bertz CT molecular complexity index is 1080. The van der Waals surface area contributed by atoms with Crippen LogP contribution in [0.4, 0.5) is 5.69 Å². The van der Waals surface area contributed by atoms with Crippen molar-refractivity contribution in [3.05, 3.63) is 66.2 Å². The first-order valence-corrected chi connectivity index (χ1v) is 9.90. The van der Waals surface area contributed by atoms with Gasteiger partial charge in [0, 0.05) is 12.6 Å². The summed E-state index contributed by atoms with van der Waals surface area (Å²) < 4.78 is 10.4. The number of likely N-dealkylation sites (N-methyl/N-ethyl adjacent to an activating group) is 1. The highest BCUT2D eigenvalue weighted by Crippen LogP contribution is 2.29. The molecule has 0 heterocycles. The molecule has 0 spiro atoms. The standard InChI is InChI=1S/C24H27N3O4/c1-27(2)21(19-11-7-9-16-8-5-6-10-18(16)19)15-25-23(28)24(29)26-20-14-17(30-3)12-13-22(20)31-4/h5-14,21H,15H2,1-4H3,(H,25,28)(H,26,29). The molecule has 0 saturated carbocycles. The summed E-state index contributed by atoms with van der Waals surface area (Å²) in [5, 5.41) is 7.58. The Morgan fingerprint density at radius 2 is 1.68 bits per heavy atom. The number of carbonyl (C=O) groups is 2. The molecule has 0 aliphatic carbocycles. The van der Waals surface area contributed by atoms with Crippen molar-refractivity contribution in [1.29, 1.82) is 0 Å². The second-order valence-corrected chi connectivity index (χ2v) is 7.28. The molecule has 0 aromatic heterocycles. The maximum atomic E-state index is 12.5. The molecule has 0 bridgehead atoms. The molecule has 162 valence electrons. The first kappa shape index (κ1) is 22.1. The molecule has 0 aliphatic heterocycles. The van der Waals surface area contributed by atoms with E-state index in [1.54, 1.807) is 18.2 Å². The number of ether oxygens (including phenoxy) is 2. The van der Waals surface area contributed by atoms with Crippen molar-refractivity contribution in [2.75, 3.05) is 40.2 Å². The molecule has 3 aromatic carbocycles. The van der Waals surface area contributed by atoms with E-state index < -0.39 is 11.8 Å². The number of nitrogens with one attached hydrogen (secondary N) is 2. The van der Waals surface area contributed by atoms with Crippen LogP contribution >= 0.6 is 0 Å². The van der Waals surface area contributed by atoms with E-state index in [1.807, 2.05) is 43.3 Å². The molecule has 0 radical (unpaired) electrons. The van der Waals surface area contributed by atoms with E-state index in [1.165, 1.54) is 14.2 Å². The number of nitrogens with zero attached hydrogens (tertiary/aromatic N) is 1. The summed E-state index contributed by atoms with van der Waals surface area (Å²) in [5.74, 6) is -0.525. The van der Waals surface area contributed by atoms with Crippen molar-refractivity contribution in [3.63, 3.8) is 0 Å². The highest BCUT2D eigenvalue weighted by atomic mass is 16.5. The first-order valence-electron chi connectivity index (χ1n) is 9.90. The van der Waals surface area contributed by atoms with Gasteiger partial charge in [-0.05, 0) is 42.6 Å². The highest BCUT2D eigenvalue weighted by Gasteiger charge is 2.21. The van der Waals surface area contributed by atoms with Crippen LogP contribution in [0.1, 0.15) is 11.6 Å². The van der Waals surface area contributed by atoms with Gasteiger partial charge in [-0.15, -0.1) is 0 Å². The summed E-state index contributed by atoms with van der Waals surface area (Å²) in [5.41, 5.74) is 1.44. The van der Waals surface area contributed by atoms with Gasteiger partial charge in [-0.2, -0.15) is 0 Å². The van der Waals surface area contributed by atoms with Crippen LogP contribution in [0.3, 0.4) is 0 Å². The number of amides is 2. The lowest BCUT2D eigenvalue weighted by Gasteiger charge is -2.26. The fourth-order valence-electron chi connectivity index (χ4n) is 3.47. The van der Waals surface area contributed by atoms with E-state index >= 15 is 0 Å². The van der Waals surface area contributed by atoms with Gasteiger partial charge < -0.3 is 25.0 Å². The molecule has 1 unspecified atom stereocenters. The van der Waals surface area contributed by atoms with Gasteiger partial charge in [-0.1, -0.05) is 42.5 Å². The van der Waals surface area contributed by atoms with Gasteiger partial charge >= 0.3 is 11.8 Å². The molecule has 0 fully saturated rings. The van der Waals surface area contributed by atoms with Gasteiger partial charge in [0.1, 0.15) is 11.5 Å². The lowest BCUT2D eigenvalue weighted by atomic mass is 9.98. The number of fused-ring (bicyclic) bond motifs is 1. The number of methoxy groups -OCH3 is 2. The maximum absolute atomic E-state index is 12.5. The monoisotopic (exact) mass is 421 g/mol. The second-order valence-electron chi connectivity index (χ2n) is 7.28. The third-order valence-corrected chi connectivity index (χ3v) is 5.12. The number of benzene rings is 3. The van der Waals surface area contributed by atoms with Crippen LogP contribution < -0.4 is 20.1 Å². The van der Waals surface area contributed by atoms with Crippen LogP contribution in [-0.2, 0) is 9.59 Å². The van der Waals surface area contributed by atoms with Gasteiger partial charge in [-0.25, -0.2) is 0 Å². The molecule has 2 N–H and O–H groups in total. The summed E-state index contributed by atoms with van der Waals surface area (Å²) in [4.78, 5) is 27.0. The minimum absolute atomic E-state index is 0.103. The smallest absolute Gasteiger partial charge is 0.313 e. The fraction of sp³-hybridized carbons (Fsp3) is 0.250. The Labute approximate surface area is 181 Å². The zero-order chi connectivity index (χ0) is 22.4. The molecule has 2 amide bonds. The third-order valence-electron chi connectivity index (χ3n) is 5.12. The molecule has 0 aliphatic rings. The Hall–Kier alpha value is -3.58. The van der Waals surface area contributed by atoms with Crippen LogP contribution in [0, 0.1) is 0 Å². The van der Waals surface area contributed by atoms with E-state index in [9.17, 15) is 9.59 Å². The molecular formula is C24H27N3O4. The van der Waals surface area contributed by atoms with E-state index in [0.29, 0.717) is 17.2 Å². The largest absolute Gasteiger partial charge is 0.497 e. The summed E-state index contributed by atoms with van der Waals surface area (Å²) in [7, 11) is 6.90. The predicted octanol–water partition coefficient (Wildman–Crippen LogP) is 3.21. The average Bonchev–Trinajstić information content (AvgIpc) is 2.78. The van der Waals surface area contributed by atoms with E-state index in [-0.39, 0.29) is 12.6 Å². The van der Waals surface area contributed by atoms with Crippen molar-refractivity contribution in [3.8, 4) is 11.5 Å². The van der Waals surface area contributed by atoms with E-state index in [4.69, 9.17) is 9.47 Å². The number of rotatable bonds is 7. The maximum Gasteiger partial charge on any atom is 0.313 e. The van der Waals surface area contributed by atoms with Crippen molar-refractivity contribution in [2.45, 2.75) is 6.04 Å². The minimum atomic E-state index is -0.776. The van der Waals surface area contributed by atoms with Gasteiger partial charge in [0.15, 0.2) is 0 Å². The number of hydrogen-bond acceptors (Lipinski definition) is 5. The van der Waals surface area contributed by atoms with Crippen LogP contribution in [0.5, 0.6) is 11.5 Å². The van der Waals surface area contributed by atoms with Crippen molar-refractivity contribution in [2.24, 2.45) is 0 Å². The van der Waals surface area contributed by atoms with Crippen molar-refractivity contribution in [1.82, 2.24) is 10.2 Å². The minimum Gasteiger partial charge on any atom is -0.497 e. The van der Waals surface area contributed by atoms with Gasteiger partial charge in [0.25, 0.3) is 0 Å². The molecule has 7 nitrogen and oxygen atoms in total. The predicted molar refractivity (Wildman–Crippen MR) is 122 cm³/mol. The first-order chi connectivity index (χ1) is 14.9. The van der Waals surface area contributed by atoms with Crippen LogP contribution in [0.25, 0.3) is 10.8 Å². The van der Waals surface area contributed by atoms with Gasteiger partial charge in [-0.3, -0.25) is 9.59 Å². The Kier molecular flexibility index (Phi) is 7.10. The summed E-state index contributed by atoms with van der Waals surface area (Å²) in [6.45, 7) is 0.280. The lowest BCUT2D eigenvalue weighted by Crippen LogP contribution is -2.40. The summed E-state index contributed by atoms with van der Waals surface area (Å²) >= 11 is 0. The molecule has 3 rings (SSSR count). The SMILES string of the molecule is COc1ccc(OC)c(NC(=O)C(=O)NCC(c2cccc3ccccc23)N(C)C)c1. The van der Waals surface area contributed by atoms with Crippen molar-refractivity contribution >= 4 is 28.3 Å². The number of hydrogen-bond donors (Lipinski definition) is 2. The van der Waals surface area contributed by atoms with E-state index in [2.05, 4.69) is 28.8 Å². The quantitative estimate of drug-likeness (QED) is 0.573. The molecule has 1 atom stereocenters. The van der Waals surface area contributed by atoms with Crippen LogP contribution in [0.2, 0.25) is 0 Å². The number of carbonyl (C=O) groups excluding carboxylic acids is 2. The van der Waals surface area contributed by atoms with Crippen molar-refractivity contribution < 1.29 is 19.1 Å². The summed E-state index contributed by atoms with van der Waals surface area (Å²) in [6, 6.07) is 19.1. The normalized spacial score (nSPS) is 11.8. The number of anilines is 1. The fourth-order valence-corrected chi connectivity index (χ4v) is 3.47. The van der Waals surface area contributed by atoms with Gasteiger partial charge in [0.2, 0.25) is 0 Å². The van der Waals surface area contributed by atoms with Gasteiger partial charge in [0.05, 0.1) is 25.9 Å². The molecule has 7 heteroatoms. The molecule has 31 heavy (non-hydrogen) atoms. The average molecular weight is 421 g/mol. The lowest BCUT2D eigenvalue weighted by molar-refractivity contribution is -0.136. The Morgan fingerprint density at radius 1 is 0.935 bits per heavy atom. The molecule has 3 aromatic rings. The molecular weight excluding hydrogens is 394 g/mol. The topological polar surface area (TPSA) is 79.9 Å². The second kappa shape index (κ2) is 9.95. The van der Waals surface area contributed by atoms with Crippen LogP contribution in [-0.4, -0.2) is 51.6 Å². The molecule has 0 saturated heterocycles.